The second-order valence-electron chi connectivity index (χ2n) is 9.48. The summed E-state index contributed by atoms with van der Waals surface area (Å²) in [5, 5.41) is 10.7. The Kier molecular flexibility index (Phi) is 7.41. The average molecular weight is 477 g/mol. The highest BCUT2D eigenvalue weighted by atomic mass is 16.2. The van der Waals surface area contributed by atoms with Crippen LogP contribution in [0.2, 0.25) is 0 Å². The minimum atomic E-state index is 0.0162. The Morgan fingerprint density at radius 2 is 0.944 bits per heavy atom. The molecule has 2 amide bonds. The summed E-state index contributed by atoms with van der Waals surface area (Å²) in [7, 11) is 0. The second kappa shape index (κ2) is 11.2. The van der Waals surface area contributed by atoms with Gasteiger partial charge in [-0.25, -0.2) is 0 Å². The number of carbonyl (C=O) groups excluding carboxylic acids is 2. The molecular formula is C32H32N2O2. The van der Waals surface area contributed by atoms with E-state index in [1.54, 1.807) is 0 Å². The standard InChI is InChI=1S/C32H32N2O2/c35-29-17-7-5-3-1-2-4-6-8-18-30(36)34-28-22-20-24-14-10-12-16-26(24)32(28)31-25-15-11-9-13-23(25)19-21-27(31)33-29/h1-2,9-16,19-22H,3-8,17-18H2,(H,33,35)(H,34,36)/b2-1-. The molecule has 0 aromatic heterocycles. The summed E-state index contributed by atoms with van der Waals surface area (Å²) in [4.78, 5) is 26.0. The molecule has 5 rings (SSSR count). The highest BCUT2D eigenvalue weighted by Crippen LogP contribution is 2.43. The first-order valence-electron chi connectivity index (χ1n) is 13.0. The number of carbonyl (C=O) groups is 2. The van der Waals surface area contributed by atoms with Crippen molar-refractivity contribution in [3.8, 4) is 11.1 Å². The molecule has 4 aromatic carbocycles. The van der Waals surface area contributed by atoms with E-state index in [2.05, 4.69) is 59.2 Å². The third-order valence-electron chi connectivity index (χ3n) is 6.87. The molecule has 1 aliphatic rings. The van der Waals surface area contributed by atoms with Gasteiger partial charge in [-0.05, 0) is 72.2 Å². The second-order valence-corrected chi connectivity index (χ2v) is 9.48. The Bertz CT molecular complexity index is 1330. The maximum atomic E-state index is 13.0. The van der Waals surface area contributed by atoms with Crippen LogP contribution >= 0.6 is 0 Å². The number of allylic oxidation sites excluding steroid dienone is 2. The van der Waals surface area contributed by atoms with Crippen LogP contribution in [0.25, 0.3) is 32.7 Å². The lowest BCUT2D eigenvalue weighted by Crippen LogP contribution is -2.14. The summed E-state index contributed by atoms with van der Waals surface area (Å²) < 4.78 is 0. The van der Waals surface area contributed by atoms with E-state index in [0.29, 0.717) is 12.8 Å². The van der Waals surface area contributed by atoms with Crippen LogP contribution in [0.15, 0.2) is 84.9 Å². The van der Waals surface area contributed by atoms with Crippen LogP contribution in [0.1, 0.15) is 51.4 Å². The van der Waals surface area contributed by atoms with Gasteiger partial charge in [0.1, 0.15) is 0 Å². The summed E-state index contributed by atoms with van der Waals surface area (Å²) in [6.07, 6.45) is 11.0. The van der Waals surface area contributed by atoms with E-state index in [1.807, 2.05) is 36.4 Å². The number of hydrogen-bond acceptors (Lipinski definition) is 2. The van der Waals surface area contributed by atoms with E-state index in [1.165, 1.54) is 0 Å². The van der Waals surface area contributed by atoms with Gasteiger partial charge >= 0.3 is 0 Å². The lowest BCUT2D eigenvalue weighted by Gasteiger charge is -2.20. The summed E-state index contributed by atoms with van der Waals surface area (Å²) in [5.74, 6) is 0.0323. The van der Waals surface area contributed by atoms with Crippen molar-refractivity contribution >= 4 is 44.7 Å². The van der Waals surface area contributed by atoms with Crippen molar-refractivity contribution in [1.29, 1.82) is 0 Å². The van der Waals surface area contributed by atoms with Gasteiger partial charge in [0, 0.05) is 35.3 Å². The highest BCUT2D eigenvalue weighted by Gasteiger charge is 2.19. The lowest BCUT2D eigenvalue weighted by molar-refractivity contribution is -0.117. The fraction of sp³-hybridized carbons (Fsp3) is 0.250. The number of hydrogen-bond donors (Lipinski definition) is 2. The quantitative estimate of drug-likeness (QED) is 0.251. The molecule has 0 radical (unpaired) electrons. The SMILES string of the molecule is O=C1CCCC/C=C\CCCCC(=O)Nc2ccc3ccccc3c2-c2c(ccc3ccccc23)N1. The molecule has 0 aliphatic carbocycles. The van der Waals surface area contributed by atoms with Crippen LogP contribution < -0.4 is 10.6 Å². The molecule has 4 aromatic rings. The fourth-order valence-electron chi connectivity index (χ4n) is 5.05. The van der Waals surface area contributed by atoms with Gasteiger partial charge in [0.2, 0.25) is 11.8 Å². The Balaban J connectivity index is 1.69. The minimum absolute atomic E-state index is 0.0162. The van der Waals surface area contributed by atoms with Gasteiger partial charge in [-0.1, -0.05) is 72.8 Å². The summed E-state index contributed by atoms with van der Waals surface area (Å²) >= 11 is 0. The monoisotopic (exact) mass is 476 g/mol. The Morgan fingerprint density at radius 1 is 0.500 bits per heavy atom. The van der Waals surface area contributed by atoms with E-state index >= 15 is 0 Å². The molecule has 36 heavy (non-hydrogen) atoms. The normalized spacial score (nSPS) is 16.8. The first-order valence-corrected chi connectivity index (χ1v) is 13.0. The molecule has 4 heteroatoms. The molecule has 4 nitrogen and oxygen atoms in total. The van der Waals surface area contributed by atoms with Gasteiger partial charge in [0.05, 0.1) is 0 Å². The summed E-state index contributed by atoms with van der Waals surface area (Å²) in [6.45, 7) is 0. The maximum Gasteiger partial charge on any atom is 0.224 e. The predicted octanol–water partition coefficient (Wildman–Crippen LogP) is 8.23. The smallest absolute Gasteiger partial charge is 0.224 e. The van der Waals surface area contributed by atoms with Crippen LogP contribution in [-0.2, 0) is 9.59 Å². The third-order valence-corrected chi connectivity index (χ3v) is 6.87. The van der Waals surface area contributed by atoms with Crippen LogP contribution in [-0.4, -0.2) is 11.8 Å². The van der Waals surface area contributed by atoms with Gasteiger partial charge in [-0.15, -0.1) is 0 Å². The molecule has 0 saturated carbocycles. The molecule has 0 fully saturated rings. The van der Waals surface area contributed by atoms with Crippen LogP contribution in [0.5, 0.6) is 0 Å². The largest absolute Gasteiger partial charge is 0.325 e. The van der Waals surface area contributed by atoms with Crippen LogP contribution in [0.3, 0.4) is 0 Å². The molecule has 0 unspecified atom stereocenters. The zero-order valence-electron chi connectivity index (χ0n) is 20.6. The Hall–Kier alpha value is -3.92. The maximum absolute atomic E-state index is 13.0. The molecule has 0 saturated heterocycles. The van der Waals surface area contributed by atoms with Crippen LogP contribution in [0, 0.1) is 0 Å². The third kappa shape index (κ3) is 5.33. The van der Waals surface area contributed by atoms with Crippen molar-refractivity contribution in [2.24, 2.45) is 0 Å². The van der Waals surface area contributed by atoms with Gasteiger partial charge in [-0.2, -0.15) is 0 Å². The van der Waals surface area contributed by atoms with Crippen molar-refractivity contribution < 1.29 is 9.59 Å². The lowest BCUT2D eigenvalue weighted by atomic mass is 9.90. The molecule has 182 valence electrons. The molecule has 1 heterocycles. The van der Waals surface area contributed by atoms with E-state index in [4.69, 9.17) is 0 Å². The number of rotatable bonds is 0. The van der Waals surface area contributed by atoms with Crippen molar-refractivity contribution in [2.75, 3.05) is 10.6 Å². The molecule has 1 aliphatic heterocycles. The zero-order chi connectivity index (χ0) is 24.7. The highest BCUT2D eigenvalue weighted by molar-refractivity contribution is 6.16. The number of amides is 2. The van der Waals surface area contributed by atoms with Crippen molar-refractivity contribution in [1.82, 2.24) is 0 Å². The molecular weight excluding hydrogens is 444 g/mol. The number of fused-ring (bicyclic) bond motifs is 7. The van der Waals surface area contributed by atoms with Crippen LogP contribution in [0.4, 0.5) is 11.4 Å². The van der Waals surface area contributed by atoms with Gasteiger partial charge in [0.25, 0.3) is 0 Å². The average Bonchev–Trinajstić information content (AvgIpc) is 2.89. The number of nitrogens with one attached hydrogen (secondary N) is 2. The predicted molar refractivity (Wildman–Crippen MR) is 150 cm³/mol. The van der Waals surface area contributed by atoms with E-state index < -0.39 is 0 Å². The minimum Gasteiger partial charge on any atom is -0.325 e. The molecule has 0 bridgehead atoms. The van der Waals surface area contributed by atoms with Gasteiger partial charge in [0.15, 0.2) is 0 Å². The summed E-state index contributed by atoms with van der Waals surface area (Å²) in [5.41, 5.74) is 3.42. The summed E-state index contributed by atoms with van der Waals surface area (Å²) in [6, 6.07) is 24.5. The Labute approximate surface area is 212 Å². The molecule has 0 spiro atoms. The number of benzene rings is 4. The first-order chi connectivity index (χ1) is 17.7. The first kappa shape index (κ1) is 23.8. The molecule has 0 atom stereocenters. The van der Waals surface area contributed by atoms with E-state index in [9.17, 15) is 9.59 Å². The Morgan fingerprint density at radius 3 is 1.42 bits per heavy atom. The van der Waals surface area contributed by atoms with Crippen molar-refractivity contribution in [3.05, 3.63) is 84.9 Å². The van der Waals surface area contributed by atoms with Crippen molar-refractivity contribution in [2.45, 2.75) is 51.4 Å². The van der Waals surface area contributed by atoms with E-state index in [-0.39, 0.29) is 11.8 Å². The van der Waals surface area contributed by atoms with Gasteiger partial charge < -0.3 is 10.6 Å². The number of anilines is 2. The van der Waals surface area contributed by atoms with Crippen molar-refractivity contribution in [3.63, 3.8) is 0 Å². The zero-order valence-corrected chi connectivity index (χ0v) is 20.6. The topological polar surface area (TPSA) is 58.2 Å². The fourth-order valence-corrected chi connectivity index (χ4v) is 5.05. The van der Waals surface area contributed by atoms with E-state index in [0.717, 1.165) is 82.6 Å². The van der Waals surface area contributed by atoms with Gasteiger partial charge in [-0.3, -0.25) is 9.59 Å². The molecule has 2 N–H and O–H groups in total.